The molecule has 2 unspecified atom stereocenters. The quantitative estimate of drug-likeness (QED) is 0.858. The van der Waals surface area contributed by atoms with Gasteiger partial charge in [-0.05, 0) is 31.7 Å². The Bertz CT molecular complexity index is 501. The molecule has 1 aromatic rings. The van der Waals surface area contributed by atoms with Crippen molar-refractivity contribution in [3.8, 4) is 5.88 Å². The summed E-state index contributed by atoms with van der Waals surface area (Å²) < 4.78 is 6.02. The van der Waals surface area contributed by atoms with Gasteiger partial charge in [-0.2, -0.15) is 0 Å². The van der Waals surface area contributed by atoms with E-state index in [9.17, 15) is 4.79 Å². The van der Waals surface area contributed by atoms with E-state index in [4.69, 9.17) is 4.74 Å². The van der Waals surface area contributed by atoms with Crippen molar-refractivity contribution in [2.75, 3.05) is 0 Å². The summed E-state index contributed by atoms with van der Waals surface area (Å²) in [6.45, 7) is 0. The van der Waals surface area contributed by atoms with Gasteiger partial charge in [0.2, 0.25) is 11.8 Å². The van der Waals surface area contributed by atoms with E-state index in [1.807, 2.05) is 18.2 Å². The molecule has 0 aromatic carbocycles. The number of aromatic nitrogens is 1. The van der Waals surface area contributed by atoms with E-state index in [0.29, 0.717) is 29.8 Å². The first-order valence-corrected chi connectivity index (χ1v) is 8.21. The highest BCUT2D eigenvalue weighted by Gasteiger charge is 2.46. The summed E-state index contributed by atoms with van der Waals surface area (Å²) in [6, 6.07) is 6.55. The smallest absolute Gasteiger partial charge is 0.226 e. The first-order chi connectivity index (χ1) is 10.3. The van der Waals surface area contributed by atoms with Gasteiger partial charge in [-0.3, -0.25) is 4.79 Å². The molecule has 4 nitrogen and oxygen atoms in total. The van der Waals surface area contributed by atoms with Gasteiger partial charge >= 0.3 is 0 Å². The van der Waals surface area contributed by atoms with Gasteiger partial charge in [0.1, 0.15) is 6.10 Å². The molecular weight excluding hydrogens is 264 g/mol. The van der Waals surface area contributed by atoms with Gasteiger partial charge in [-0.25, -0.2) is 4.98 Å². The second-order valence-corrected chi connectivity index (χ2v) is 6.64. The molecule has 1 amide bonds. The predicted molar refractivity (Wildman–Crippen MR) is 78.9 cm³/mol. The maximum atomic E-state index is 12.6. The van der Waals surface area contributed by atoms with Crippen LogP contribution in [0.2, 0.25) is 0 Å². The monoisotopic (exact) mass is 286 g/mol. The summed E-state index contributed by atoms with van der Waals surface area (Å²) in [6.07, 6.45) is 9.62. The number of pyridine rings is 1. The largest absolute Gasteiger partial charge is 0.474 e. The third-order valence-corrected chi connectivity index (χ3v) is 5.32. The highest BCUT2D eigenvalue weighted by Crippen LogP contribution is 2.40. The van der Waals surface area contributed by atoms with Crippen LogP contribution in [-0.4, -0.2) is 34.0 Å². The van der Waals surface area contributed by atoms with Crippen molar-refractivity contribution in [2.24, 2.45) is 5.92 Å². The SMILES string of the molecule is O=C(C1CCC1)N1C2CCC1CC(Oc1ccccn1)C2. The Kier molecular flexibility index (Phi) is 3.32. The van der Waals surface area contributed by atoms with Gasteiger partial charge in [-0.1, -0.05) is 12.5 Å². The number of piperidine rings is 1. The summed E-state index contributed by atoms with van der Waals surface area (Å²) in [5, 5.41) is 0. The van der Waals surface area contributed by atoms with Crippen molar-refractivity contribution in [2.45, 2.75) is 63.1 Å². The van der Waals surface area contributed by atoms with Gasteiger partial charge in [0.15, 0.2) is 0 Å². The highest BCUT2D eigenvalue weighted by atomic mass is 16.5. The van der Waals surface area contributed by atoms with E-state index in [2.05, 4.69) is 9.88 Å². The first kappa shape index (κ1) is 13.1. The lowest BCUT2D eigenvalue weighted by Gasteiger charge is -2.41. The third-order valence-electron chi connectivity index (χ3n) is 5.32. The molecule has 2 aliphatic heterocycles. The molecule has 0 N–H and O–H groups in total. The second kappa shape index (κ2) is 5.32. The Morgan fingerprint density at radius 2 is 1.90 bits per heavy atom. The Morgan fingerprint density at radius 3 is 2.48 bits per heavy atom. The molecule has 4 heteroatoms. The molecule has 3 heterocycles. The molecule has 112 valence electrons. The number of carbonyl (C=O) groups excluding carboxylic acids is 1. The van der Waals surface area contributed by atoms with Gasteiger partial charge in [-0.15, -0.1) is 0 Å². The molecule has 0 spiro atoms. The lowest BCUT2D eigenvalue weighted by Crippen LogP contribution is -2.52. The molecule has 2 atom stereocenters. The Hall–Kier alpha value is -1.58. The molecule has 1 aromatic heterocycles. The van der Waals surface area contributed by atoms with Gasteiger partial charge in [0, 0.05) is 43.1 Å². The molecule has 21 heavy (non-hydrogen) atoms. The summed E-state index contributed by atoms with van der Waals surface area (Å²) >= 11 is 0. The van der Waals surface area contributed by atoms with Crippen LogP contribution in [-0.2, 0) is 4.79 Å². The van der Waals surface area contributed by atoms with Crippen molar-refractivity contribution in [1.29, 1.82) is 0 Å². The zero-order valence-corrected chi connectivity index (χ0v) is 12.3. The zero-order chi connectivity index (χ0) is 14.2. The van der Waals surface area contributed by atoms with Crippen LogP contribution in [0.5, 0.6) is 5.88 Å². The minimum atomic E-state index is 0.211. The van der Waals surface area contributed by atoms with Crippen LogP contribution in [0.4, 0.5) is 0 Å². The van der Waals surface area contributed by atoms with Crippen molar-refractivity contribution in [3.05, 3.63) is 24.4 Å². The number of fused-ring (bicyclic) bond motifs is 2. The number of hydrogen-bond donors (Lipinski definition) is 0. The number of rotatable bonds is 3. The fourth-order valence-corrected chi connectivity index (χ4v) is 4.04. The Morgan fingerprint density at radius 1 is 1.14 bits per heavy atom. The maximum absolute atomic E-state index is 12.6. The normalized spacial score (nSPS) is 31.8. The average Bonchev–Trinajstić information content (AvgIpc) is 2.70. The summed E-state index contributed by atoms with van der Waals surface area (Å²) in [5.41, 5.74) is 0. The van der Waals surface area contributed by atoms with Crippen LogP contribution in [0, 0.1) is 5.92 Å². The molecule has 3 aliphatic rings. The Balaban J connectivity index is 1.42. The van der Waals surface area contributed by atoms with Crippen LogP contribution in [0.25, 0.3) is 0 Å². The standard InChI is InChI=1S/C17H22N2O2/c20-17(12-4-3-5-12)19-13-7-8-14(19)11-15(10-13)21-16-6-1-2-9-18-16/h1-2,6,9,12-15H,3-5,7-8,10-11H2. The van der Waals surface area contributed by atoms with Crippen LogP contribution in [0.15, 0.2) is 24.4 Å². The van der Waals surface area contributed by atoms with Crippen LogP contribution in [0.1, 0.15) is 44.9 Å². The summed E-state index contributed by atoms with van der Waals surface area (Å²) in [7, 11) is 0. The molecule has 1 aliphatic carbocycles. The number of carbonyl (C=O) groups is 1. The van der Waals surface area contributed by atoms with Gasteiger partial charge in [0.25, 0.3) is 0 Å². The fraction of sp³-hybridized carbons (Fsp3) is 0.647. The highest BCUT2D eigenvalue weighted by molar-refractivity contribution is 5.80. The maximum Gasteiger partial charge on any atom is 0.226 e. The van der Waals surface area contributed by atoms with Crippen LogP contribution in [0.3, 0.4) is 0 Å². The number of hydrogen-bond acceptors (Lipinski definition) is 3. The van der Waals surface area contributed by atoms with E-state index in [1.165, 1.54) is 6.42 Å². The molecule has 3 fully saturated rings. The topological polar surface area (TPSA) is 42.4 Å². The average molecular weight is 286 g/mol. The van der Waals surface area contributed by atoms with Crippen molar-refractivity contribution >= 4 is 5.91 Å². The molecule has 4 rings (SSSR count). The fourth-order valence-electron chi connectivity index (χ4n) is 4.04. The summed E-state index contributed by atoms with van der Waals surface area (Å²) in [4.78, 5) is 19.0. The number of amides is 1. The minimum absolute atomic E-state index is 0.211. The minimum Gasteiger partial charge on any atom is -0.474 e. The lowest BCUT2D eigenvalue weighted by atomic mass is 9.83. The van der Waals surface area contributed by atoms with Crippen LogP contribution >= 0.6 is 0 Å². The molecule has 1 saturated carbocycles. The Labute approximate surface area is 125 Å². The first-order valence-electron chi connectivity index (χ1n) is 8.21. The number of ether oxygens (including phenoxy) is 1. The number of nitrogens with zero attached hydrogens (tertiary/aromatic N) is 2. The van der Waals surface area contributed by atoms with Crippen molar-refractivity contribution < 1.29 is 9.53 Å². The van der Waals surface area contributed by atoms with E-state index in [-0.39, 0.29) is 6.10 Å². The lowest BCUT2D eigenvalue weighted by molar-refractivity contribution is -0.144. The van der Waals surface area contributed by atoms with E-state index in [0.717, 1.165) is 38.5 Å². The zero-order valence-electron chi connectivity index (χ0n) is 12.3. The molecule has 0 radical (unpaired) electrons. The van der Waals surface area contributed by atoms with Crippen LogP contribution < -0.4 is 4.74 Å². The summed E-state index contributed by atoms with van der Waals surface area (Å²) in [5.74, 6) is 1.45. The molecular formula is C17H22N2O2. The van der Waals surface area contributed by atoms with E-state index in [1.54, 1.807) is 6.20 Å². The van der Waals surface area contributed by atoms with Crippen molar-refractivity contribution in [1.82, 2.24) is 9.88 Å². The van der Waals surface area contributed by atoms with E-state index >= 15 is 0 Å². The van der Waals surface area contributed by atoms with Gasteiger partial charge in [0.05, 0.1) is 0 Å². The molecule has 2 saturated heterocycles. The van der Waals surface area contributed by atoms with Crippen molar-refractivity contribution in [3.63, 3.8) is 0 Å². The predicted octanol–water partition coefficient (Wildman–Crippen LogP) is 2.78. The third kappa shape index (κ3) is 2.41. The van der Waals surface area contributed by atoms with E-state index < -0.39 is 0 Å². The second-order valence-electron chi connectivity index (χ2n) is 6.64. The van der Waals surface area contributed by atoms with Gasteiger partial charge < -0.3 is 9.64 Å². The molecule has 2 bridgehead atoms.